The maximum Gasteiger partial charge on any atom is 0.295 e. The summed E-state index contributed by atoms with van der Waals surface area (Å²) in [6, 6.07) is 6.84. The van der Waals surface area contributed by atoms with Crippen molar-refractivity contribution >= 4 is 22.3 Å². The van der Waals surface area contributed by atoms with Crippen molar-refractivity contribution < 1.29 is 4.92 Å². The molecule has 112 valence electrons. The van der Waals surface area contributed by atoms with Crippen LogP contribution in [0.4, 0.5) is 11.4 Å². The minimum atomic E-state index is -0.409. The van der Waals surface area contributed by atoms with E-state index in [2.05, 4.69) is 20.6 Å². The molecule has 0 atom stereocenters. The summed E-state index contributed by atoms with van der Waals surface area (Å²) in [5.74, 6) is 0. The molecule has 0 aliphatic rings. The molecule has 0 aliphatic carbocycles. The van der Waals surface area contributed by atoms with Crippen LogP contribution in [0.25, 0.3) is 10.9 Å². The Kier molecular flexibility index (Phi) is 3.65. The van der Waals surface area contributed by atoms with Crippen molar-refractivity contribution in [2.75, 3.05) is 11.9 Å². The number of aryl methyl sites for hydroxylation is 1. The van der Waals surface area contributed by atoms with Crippen LogP contribution >= 0.6 is 0 Å². The summed E-state index contributed by atoms with van der Waals surface area (Å²) >= 11 is 0. The Morgan fingerprint density at radius 3 is 3.00 bits per heavy atom. The first-order valence-corrected chi connectivity index (χ1v) is 6.78. The monoisotopic (exact) mass is 298 g/mol. The summed E-state index contributed by atoms with van der Waals surface area (Å²) < 4.78 is 1.71. The standard InChI is InChI=1S/C14H14N6O2/c1-10-9-12(15-5-7-19-8-6-16-18-19)11-3-2-4-13(20(21)22)14(11)17-10/h2-4,6,8-9H,5,7H2,1H3,(H,15,17). The van der Waals surface area contributed by atoms with Gasteiger partial charge in [-0.1, -0.05) is 17.3 Å². The molecule has 3 aromatic rings. The lowest BCUT2D eigenvalue weighted by Crippen LogP contribution is -2.11. The fourth-order valence-corrected chi connectivity index (χ4v) is 2.31. The molecule has 0 fully saturated rings. The van der Waals surface area contributed by atoms with Crippen molar-refractivity contribution in [2.24, 2.45) is 0 Å². The normalized spacial score (nSPS) is 10.8. The van der Waals surface area contributed by atoms with Crippen molar-refractivity contribution in [1.29, 1.82) is 0 Å². The van der Waals surface area contributed by atoms with E-state index in [-0.39, 0.29) is 5.69 Å². The number of pyridine rings is 1. The molecule has 8 heteroatoms. The number of nitro groups is 1. The molecule has 8 nitrogen and oxygen atoms in total. The third-order valence-electron chi connectivity index (χ3n) is 3.27. The van der Waals surface area contributed by atoms with Crippen LogP contribution in [0, 0.1) is 17.0 Å². The van der Waals surface area contributed by atoms with Crippen molar-refractivity contribution in [2.45, 2.75) is 13.5 Å². The Hall–Kier alpha value is -3.03. The van der Waals surface area contributed by atoms with Gasteiger partial charge in [-0.05, 0) is 13.0 Å². The predicted octanol–water partition coefficient (Wildman–Crippen LogP) is 2.16. The largest absolute Gasteiger partial charge is 0.383 e. The van der Waals surface area contributed by atoms with E-state index in [0.29, 0.717) is 18.6 Å². The molecule has 0 radical (unpaired) electrons. The first kappa shape index (κ1) is 13.9. The van der Waals surface area contributed by atoms with Gasteiger partial charge in [0.25, 0.3) is 5.69 Å². The van der Waals surface area contributed by atoms with E-state index in [0.717, 1.165) is 16.8 Å². The van der Waals surface area contributed by atoms with Crippen LogP contribution in [-0.4, -0.2) is 31.4 Å². The van der Waals surface area contributed by atoms with Gasteiger partial charge in [-0.25, -0.2) is 4.98 Å². The van der Waals surface area contributed by atoms with Gasteiger partial charge in [0.2, 0.25) is 0 Å². The second-order valence-electron chi connectivity index (χ2n) is 4.83. The van der Waals surface area contributed by atoms with Crippen LogP contribution in [-0.2, 0) is 6.54 Å². The summed E-state index contributed by atoms with van der Waals surface area (Å²) in [6.07, 6.45) is 3.40. The molecule has 0 spiro atoms. The van der Waals surface area contributed by atoms with Gasteiger partial charge in [-0.3, -0.25) is 14.8 Å². The van der Waals surface area contributed by atoms with Gasteiger partial charge in [0, 0.05) is 35.6 Å². The number of nitrogens with one attached hydrogen (secondary N) is 1. The first-order valence-electron chi connectivity index (χ1n) is 6.78. The van der Waals surface area contributed by atoms with Gasteiger partial charge in [0.1, 0.15) is 0 Å². The average Bonchev–Trinajstić information content (AvgIpc) is 2.99. The number of hydrogen-bond acceptors (Lipinski definition) is 6. The second-order valence-corrected chi connectivity index (χ2v) is 4.83. The Balaban J connectivity index is 1.91. The molecule has 0 bridgehead atoms. The smallest absolute Gasteiger partial charge is 0.295 e. The van der Waals surface area contributed by atoms with Crippen molar-refractivity contribution in [1.82, 2.24) is 20.0 Å². The lowest BCUT2D eigenvalue weighted by atomic mass is 10.1. The zero-order chi connectivity index (χ0) is 15.5. The Labute approximate surface area is 125 Å². The molecule has 1 N–H and O–H groups in total. The maximum atomic E-state index is 11.1. The molecular weight excluding hydrogens is 284 g/mol. The summed E-state index contributed by atoms with van der Waals surface area (Å²) in [7, 11) is 0. The molecular formula is C14H14N6O2. The predicted molar refractivity (Wildman–Crippen MR) is 81.6 cm³/mol. The molecule has 2 heterocycles. The summed E-state index contributed by atoms with van der Waals surface area (Å²) in [5, 5.41) is 22.8. The number of hydrogen-bond donors (Lipinski definition) is 1. The highest BCUT2D eigenvalue weighted by Gasteiger charge is 2.15. The average molecular weight is 298 g/mol. The molecule has 0 saturated heterocycles. The van der Waals surface area contributed by atoms with Gasteiger partial charge in [0.15, 0.2) is 5.52 Å². The van der Waals surface area contributed by atoms with Crippen LogP contribution in [0.3, 0.4) is 0 Å². The lowest BCUT2D eigenvalue weighted by molar-refractivity contribution is -0.383. The Morgan fingerprint density at radius 1 is 1.41 bits per heavy atom. The molecule has 3 rings (SSSR count). The number of aromatic nitrogens is 4. The van der Waals surface area contributed by atoms with E-state index < -0.39 is 4.92 Å². The summed E-state index contributed by atoms with van der Waals surface area (Å²) in [5.41, 5.74) is 1.97. The summed E-state index contributed by atoms with van der Waals surface area (Å²) in [6.45, 7) is 3.10. The van der Waals surface area contributed by atoms with Gasteiger partial charge in [-0.15, -0.1) is 5.10 Å². The molecule has 0 saturated carbocycles. The Bertz CT molecular complexity index is 816. The number of nitrogens with zero attached hydrogens (tertiary/aromatic N) is 5. The molecule has 0 amide bonds. The van der Waals surface area contributed by atoms with Gasteiger partial charge in [-0.2, -0.15) is 0 Å². The van der Waals surface area contributed by atoms with Crippen LogP contribution in [0.5, 0.6) is 0 Å². The molecule has 0 aliphatic heterocycles. The van der Waals surface area contributed by atoms with Gasteiger partial charge in [0.05, 0.1) is 17.7 Å². The van der Waals surface area contributed by atoms with E-state index in [1.807, 2.05) is 19.1 Å². The highest BCUT2D eigenvalue weighted by Crippen LogP contribution is 2.29. The lowest BCUT2D eigenvalue weighted by Gasteiger charge is -2.10. The SMILES string of the molecule is Cc1cc(NCCn2ccnn2)c2cccc([N+](=O)[O-])c2n1. The van der Waals surface area contributed by atoms with Crippen molar-refractivity contribution in [3.63, 3.8) is 0 Å². The minimum Gasteiger partial charge on any atom is -0.383 e. The molecule has 2 aromatic heterocycles. The van der Waals surface area contributed by atoms with E-state index in [1.165, 1.54) is 6.07 Å². The van der Waals surface area contributed by atoms with Crippen LogP contribution in [0.15, 0.2) is 36.7 Å². The number of fused-ring (bicyclic) bond motifs is 1. The van der Waals surface area contributed by atoms with Crippen LogP contribution in [0.2, 0.25) is 0 Å². The highest BCUT2D eigenvalue weighted by molar-refractivity contribution is 5.96. The van der Waals surface area contributed by atoms with Crippen molar-refractivity contribution in [3.05, 3.63) is 52.5 Å². The van der Waals surface area contributed by atoms with E-state index in [9.17, 15) is 10.1 Å². The van der Waals surface area contributed by atoms with Gasteiger partial charge >= 0.3 is 0 Å². The van der Waals surface area contributed by atoms with E-state index >= 15 is 0 Å². The maximum absolute atomic E-state index is 11.1. The zero-order valence-corrected chi connectivity index (χ0v) is 11.9. The third kappa shape index (κ3) is 2.71. The number of benzene rings is 1. The van der Waals surface area contributed by atoms with E-state index in [1.54, 1.807) is 23.1 Å². The number of anilines is 1. The number of rotatable bonds is 5. The van der Waals surface area contributed by atoms with Crippen LogP contribution < -0.4 is 5.32 Å². The quantitative estimate of drug-likeness (QED) is 0.572. The minimum absolute atomic E-state index is 0.0144. The fraction of sp³-hybridized carbons (Fsp3) is 0.214. The summed E-state index contributed by atoms with van der Waals surface area (Å²) in [4.78, 5) is 15.0. The molecule has 1 aromatic carbocycles. The topological polar surface area (TPSA) is 98.8 Å². The second kappa shape index (κ2) is 5.76. The molecule has 22 heavy (non-hydrogen) atoms. The number of non-ortho nitro benzene ring substituents is 1. The Morgan fingerprint density at radius 2 is 2.27 bits per heavy atom. The number of nitro benzene ring substituents is 1. The first-order chi connectivity index (χ1) is 10.6. The molecule has 0 unspecified atom stereocenters. The van der Waals surface area contributed by atoms with E-state index in [4.69, 9.17) is 0 Å². The fourth-order valence-electron chi connectivity index (χ4n) is 2.31. The van der Waals surface area contributed by atoms with Crippen LogP contribution in [0.1, 0.15) is 5.69 Å². The number of para-hydroxylation sites is 1. The highest BCUT2D eigenvalue weighted by atomic mass is 16.6. The van der Waals surface area contributed by atoms with Crippen molar-refractivity contribution in [3.8, 4) is 0 Å². The third-order valence-corrected chi connectivity index (χ3v) is 3.27. The van der Waals surface area contributed by atoms with Gasteiger partial charge < -0.3 is 5.32 Å². The zero-order valence-electron chi connectivity index (χ0n) is 11.9.